The van der Waals surface area contributed by atoms with Crippen molar-refractivity contribution in [2.24, 2.45) is 11.8 Å². The Balaban J connectivity index is 1.53. The number of methoxy groups -OCH3 is 2. The summed E-state index contributed by atoms with van der Waals surface area (Å²) in [6, 6.07) is 22.7. The number of carbonyl (C=O) groups is 2. The first kappa shape index (κ1) is 23.0. The molecule has 1 fully saturated rings. The summed E-state index contributed by atoms with van der Waals surface area (Å²) in [7, 11) is 3.10. The highest BCUT2D eigenvalue weighted by atomic mass is 16.5. The van der Waals surface area contributed by atoms with Crippen LogP contribution in [0.5, 0.6) is 11.5 Å². The summed E-state index contributed by atoms with van der Waals surface area (Å²) in [6.07, 6.45) is 1.06. The molecule has 0 aliphatic heterocycles. The first-order valence-electron chi connectivity index (χ1n) is 11.8. The maximum Gasteiger partial charge on any atom is 0.310 e. The molecule has 1 saturated carbocycles. The quantitative estimate of drug-likeness (QED) is 0.506. The molecule has 6 nitrogen and oxygen atoms in total. The summed E-state index contributed by atoms with van der Waals surface area (Å²) in [5, 5.41) is 10.3. The number of rotatable bonds is 7. The lowest BCUT2D eigenvalue weighted by molar-refractivity contribution is -0.167. The van der Waals surface area contributed by atoms with Crippen molar-refractivity contribution in [1.82, 2.24) is 0 Å². The molecule has 1 N–H and O–H groups in total. The summed E-state index contributed by atoms with van der Waals surface area (Å²) >= 11 is 0. The van der Waals surface area contributed by atoms with Crippen LogP contribution in [-0.2, 0) is 27.2 Å². The highest BCUT2D eigenvalue weighted by molar-refractivity contribution is 5.85. The van der Waals surface area contributed by atoms with Gasteiger partial charge in [0, 0.05) is 24.7 Å². The fourth-order valence-electron chi connectivity index (χ4n) is 5.85. The molecule has 0 saturated heterocycles. The molecule has 0 aromatic heterocycles. The summed E-state index contributed by atoms with van der Waals surface area (Å²) in [5.74, 6) is -2.92. The number of benzene rings is 3. The maximum absolute atomic E-state index is 13.8. The number of carboxylic acids is 1. The van der Waals surface area contributed by atoms with Crippen molar-refractivity contribution in [3.05, 3.63) is 95.1 Å². The van der Waals surface area contributed by atoms with Gasteiger partial charge in [0.25, 0.3) is 0 Å². The van der Waals surface area contributed by atoms with Crippen LogP contribution in [0.1, 0.15) is 34.1 Å². The van der Waals surface area contributed by atoms with Crippen LogP contribution >= 0.6 is 0 Å². The van der Waals surface area contributed by atoms with E-state index < -0.39 is 29.6 Å². The minimum atomic E-state index is -0.964. The molecule has 0 bridgehead atoms. The van der Waals surface area contributed by atoms with Crippen LogP contribution in [0.15, 0.2) is 72.8 Å². The monoisotopic (exact) mass is 472 g/mol. The van der Waals surface area contributed by atoms with Gasteiger partial charge in [0.05, 0.1) is 26.1 Å². The molecule has 3 aromatic carbocycles. The summed E-state index contributed by atoms with van der Waals surface area (Å²) in [6.45, 7) is 0. The topological polar surface area (TPSA) is 82.1 Å². The Morgan fingerprint density at radius 1 is 0.714 bits per heavy atom. The highest BCUT2D eigenvalue weighted by Gasteiger charge is 2.60. The van der Waals surface area contributed by atoms with Crippen molar-refractivity contribution in [1.29, 1.82) is 0 Å². The normalized spacial score (nSPS) is 23.1. The third kappa shape index (κ3) is 4.03. The fraction of sp³-hybridized carbons (Fsp3) is 0.310. The van der Waals surface area contributed by atoms with Gasteiger partial charge < -0.3 is 19.3 Å². The molecule has 0 radical (unpaired) electrons. The molecule has 35 heavy (non-hydrogen) atoms. The van der Waals surface area contributed by atoms with Crippen LogP contribution in [0.3, 0.4) is 0 Å². The molecule has 3 aromatic rings. The van der Waals surface area contributed by atoms with Gasteiger partial charge in [-0.15, -0.1) is 0 Å². The van der Waals surface area contributed by atoms with Crippen molar-refractivity contribution in [2.45, 2.75) is 30.8 Å². The van der Waals surface area contributed by atoms with Crippen molar-refractivity contribution >= 4 is 11.9 Å². The molecule has 0 spiro atoms. The molecule has 4 atom stereocenters. The number of ether oxygens (including phenoxy) is 3. The number of hydrogen-bond acceptors (Lipinski definition) is 5. The van der Waals surface area contributed by atoms with Gasteiger partial charge in [-0.25, -0.2) is 0 Å². The number of carbonyl (C=O) groups excluding carboxylic acids is 1. The Hall–Kier alpha value is -3.80. The van der Waals surface area contributed by atoms with E-state index in [1.165, 1.54) is 11.1 Å². The number of hydrogen-bond donors (Lipinski definition) is 1. The molecular formula is C29H28O6. The molecule has 2 aliphatic rings. The molecule has 6 heteroatoms. The Bertz CT molecular complexity index is 1170. The number of aliphatic carboxylic acids is 1. The van der Waals surface area contributed by atoms with Crippen LogP contribution in [0, 0.1) is 11.8 Å². The summed E-state index contributed by atoms with van der Waals surface area (Å²) in [4.78, 5) is 26.3. The average Bonchev–Trinajstić information content (AvgIpc) is 3.26. The van der Waals surface area contributed by atoms with E-state index in [1.54, 1.807) is 26.4 Å². The Kier molecular flexibility index (Phi) is 6.20. The predicted molar refractivity (Wildman–Crippen MR) is 130 cm³/mol. The SMILES string of the molecule is COc1ccccc1C1C(C(=O)OC2Cc3ccccc3C2)[C@H](c2ccccc2OC)[C@H]1C(=O)O. The smallest absolute Gasteiger partial charge is 0.310 e. The second-order valence-electron chi connectivity index (χ2n) is 9.16. The van der Waals surface area contributed by atoms with Gasteiger partial charge in [0.15, 0.2) is 0 Å². The van der Waals surface area contributed by atoms with Crippen LogP contribution in [-0.4, -0.2) is 37.4 Å². The van der Waals surface area contributed by atoms with Crippen LogP contribution in [0.2, 0.25) is 0 Å². The molecule has 2 aliphatic carbocycles. The molecule has 2 unspecified atom stereocenters. The van der Waals surface area contributed by atoms with E-state index in [0.717, 1.165) is 0 Å². The first-order chi connectivity index (χ1) is 17.0. The predicted octanol–water partition coefficient (Wildman–Crippen LogP) is 4.61. The lowest BCUT2D eigenvalue weighted by Crippen LogP contribution is -2.52. The van der Waals surface area contributed by atoms with Crippen molar-refractivity contribution in [3.8, 4) is 11.5 Å². The van der Waals surface area contributed by atoms with E-state index in [-0.39, 0.29) is 12.1 Å². The molecule has 180 valence electrons. The lowest BCUT2D eigenvalue weighted by atomic mass is 9.52. The zero-order chi connectivity index (χ0) is 24.5. The highest BCUT2D eigenvalue weighted by Crippen LogP contribution is 2.60. The van der Waals surface area contributed by atoms with E-state index in [0.29, 0.717) is 35.5 Å². The zero-order valence-corrected chi connectivity index (χ0v) is 19.7. The zero-order valence-electron chi connectivity index (χ0n) is 19.7. The molecule has 0 amide bonds. The van der Waals surface area contributed by atoms with Crippen LogP contribution in [0.25, 0.3) is 0 Å². The molecular weight excluding hydrogens is 444 g/mol. The minimum Gasteiger partial charge on any atom is -0.496 e. The van der Waals surface area contributed by atoms with Gasteiger partial charge in [-0.1, -0.05) is 60.7 Å². The van der Waals surface area contributed by atoms with Gasteiger partial charge in [0.2, 0.25) is 0 Å². The van der Waals surface area contributed by atoms with Crippen molar-refractivity contribution < 1.29 is 28.9 Å². The van der Waals surface area contributed by atoms with Gasteiger partial charge >= 0.3 is 11.9 Å². The van der Waals surface area contributed by atoms with E-state index in [2.05, 4.69) is 12.1 Å². The van der Waals surface area contributed by atoms with Gasteiger partial charge in [-0.2, -0.15) is 0 Å². The second kappa shape index (κ2) is 9.45. The fourth-order valence-corrected chi connectivity index (χ4v) is 5.85. The standard InChI is InChI=1S/C29H28O6/c1-33-22-13-7-5-11-20(22)24-26(28(30)31)25(21-12-6-8-14-23(21)34-2)27(24)29(32)35-19-15-17-9-3-4-10-18(17)16-19/h3-14,19,24-27H,15-16H2,1-2H3,(H,30,31)/t24-,25?,26-,27?/m1/s1. The van der Waals surface area contributed by atoms with E-state index >= 15 is 0 Å². The largest absolute Gasteiger partial charge is 0.496 e. The van der Waals surface area contributed by atoms with Crippen molar-refractivity contribution in [3.63, 3.8) is 0 Å². The minimum absolute atomic E-state index is 0.264. The van der Waals surface area contributed by atoms with E-state index in [9.17, 15) is 14.7 Å². The van der Waals surface area contributed by atoms with Crippen LogP contribution < -0.4 is 9.47 Å². The van der Waals surface area contributed by atoms with E-state index in [4.69, 9.17) is 14.2 Å². The third-order valence-corrected chi connectivity index (χ3v) is 7.40. The molecule has 5 rings (SSSR count). The number of carboxylic acid groups (broad SMARTS) is 1. The number of para-hydroxylation sites is 2. The van der Waals surface area contributed by atoms with Crippen LogP contribution in [0.4, 0.5) is 0 Å². The second-order valence-corrected chi connectivity index (χ2v) is 9.16. The van der Waals surface area contributed by atoms with E-state index in [1.807, 2.05) is 48.5 Å². The average molecular weight is 473 g/mol. The number of esters is 1. The summed E-state index contributed by atoms with van der Waals surface area (Å²) < 4.78 is 17.2. The molecule has 0 heterocycles. The Morgan fingerprint density at radius 3 is 1.63 bits per heavy atom. The van der Waals surface area contributed by atoms with Crippen molar-refractivity contribution in [2.75, 3.05) is 14.2 Å². The summed E-state index contributed by atoms with van der Waals surface area (Å²) in [5.41, 5.74) is 3.77. The van der Waals surface area contributed by atoms with Gasteiger partial charge in [-0.05, 0) is 34.4 Å². The maximum atomic E-state index is 13.8. The van der Waals surface area contributed by atoms with Gasteiger partial charge in [-0.3, -0.25) is 9.59 Å². The Labute approximate surface area is 204 Å². The first-order valence-corrected chi connectivity index (χ1v) is 11.8. The Morgan fingerprint density at radius 2 is 1.17 bits per heavy atom. The van der Waals surface area contributed by atoms with Gasteiger partial charge in [0.1, 0.15) is 17.6 Å². The lowest BCUT2D eigenvalue weighted by Gasteiger charge is -2.49. The third-order valence-electron chi connectivity index (χ3n) is 7.40. The number of fused-ring (bicyclic) bond motifs is 1.